The molecule has 0 bridgehead atoms. The minimum atomic E-state index is 0.819. The molecule has 0 spiro atoms. The Labute approximate surface area is 114 Å². The SMILES string of the molecule is c1cnc2ncc(NCCCC3CCCC3)cc2c1. The summed E-state index contributed by atoms with van der Waals surface area (Å²) in [4.78, 5) is 8.60. The zero-order chi connectivity index (χ0) is 12.9. The molecule has 0 saturated heterocycles. The van der Waals surface area contributed by atoms with Crippen molar-refractivity contribution in [3.8, 4) is 0 Å². The second-order valence-corrected chi connectivity index (χ2v) is 5.49. The molecular weight excluding hydrogens is 234 g/mol. The third kappa shape index (κ3) is 3.22. The quantitative estimate of drug-likeness (QED) is 0.820. The molecule has 1 fully saturated rings. The first kappa shape index (κ1) is 12.4. The van der Waals surface area contributed by atoms with E-state index in [1.165, 1.54) is 38.5 Å². The van der Waals surface area contributed by atoms with Crippen molar-refractivity contribution >= 4 is 16.7 Å². The van der Waals surface area contributed by atoms with Crippen LogP contribution in [-0.4, -0.2) is 16.5 Å². The average Bonchev–Trinajstić information content (AvgIpc) is 2.97. The lowest BCUT2D eigenvalue weighted by molar-refractivity contribution is 0.491. The third-order valence-electron chi connectivity index (χ3n) is 4.05. The number of anilines is 1. The van der Waals surface area contributed by atoms with E-state index >= 15 is 0 Å². The van der Waals surface area contributed by atoms with Gasteiger partial charge in [0.1, 0.15) is 0 Å². The Balaban J connectivity index is 1.50. The minimum absolute atomic E-state index is 0.819. The highest BCUT2D eigenvalue weighted by Gasteiger charge is 2.13. The van der Waals surface area contributed by atoms with Gasteiger partial charge in [0.25, 0.3) is 0 Å². The number of hydrogen-bond donors (Lipinski definition) is 1. The third-order valence-corrected chi connectivity index (χ3v) is 4.05. The topological polar surface area (TPSA) is 37.8 Å². The van der Waals surface area contributed by atoms with Crippen LogP contribution in [0.5, 0.6) is 0 Å². The minimum Gasteiger partial charge on any atom is -0.384 e. The lowest BCUT2D eigenvalue weighted by Gasteiger charge is -2.10. The molecule has 2 heterocycles. The summed E-state index contributed by atoms with van der Waals surface area (Å²) in [6.45, 7) is 1.05. The van der Waals surface area contributed by atoms with Crippen LogP contribution in [0.3, 0.4) is 0 Å². The van der Waals surface area contributed by atoms with Crippen LogP contribution in [0, 0.1) is 5.92 Å². The van der Waals surface area contributed by atoms with Crippen molar-refractivity contribution in [2.75, 3.05) is 11.9 Å². The van der Waals surface area contributed by atoms with E-state index in [-0.39, 0.29) is 0 Å². The van der Waals surface area contributed by atoms with Crippen molar-refractivity contribution in [3.63, 3.8) is 0 Å². The fourth-order valence-electron chi connectivity index (χ4n) is 2.98. The van der Waals surface area contributed by atoms with Crippen LogP contribution >= 0.6 is 0 Å². The predicted octanol–water partition coefficient (Wildman–Crippen LogP) is 4.01. The van der Waals surface area contributed by atoms with E-state index in [0.717, 1.165) is 29.2 Å². The van der Waals surface area contributed by atoms with Crippen LogP contribution in [0.15, 0.2) is 30.6 Å². The molecule has 1 aliphatic carbocycles. The molecule has 19 heavy (non-hydrogen) atoms. The number of aromatic nitrogens is 2. The first-order valence-electron chi connectivity index (χ1n) is 7.36. The number of fused-ring (bicyclic) bond motifs is 1. The van der Waals surface area contributed by atoms with Gasteiger partial charge in [-0.25, -0.2) is 9.97 Å². The molecule has 2 aromatic heterocycles. The maximum Gasteiger partial charge on any atom is 0.159 e. The van der Waals surface area contributed by atoms with Crippen molar-refractivity contribution in [2.24, 2.45) is 5.92 Å². The van der Waals surface area contributed by atoms with Gasteiger partial charge in [0.2, 0.25) is 0 Å². The normalized spacial score (nSPS) is 16.0. The molecule has 3 nitrogen and oxygen atoms in total. The second-order valence-electron chi connectivity index (χ2n) is 5.49. The van der Waals surface area contributed by atoms with E-state index in [1.807, 2.05) is 12.3 Å². The molecule has 3 heteroatoms. The number of hydrogen-bond acceptors (Lipinski definition) is 3. The Morgan fingerprint density at radius 2 is 2.11 bits per heavy atom. The summed E-state index contributed by atoms with van der Waals surface area (Å²) >= 11 is 0. The molecule has 0 aliphatic heterocycles. The van der Waals surface area contributed by atoms with Gasteiger partial charge in [-0.2, -0.15) is 0 Å². The van der Waals surface area contributed by atoms with Gasteiger partial charge in [-0.15, -0.1) is 0 Å². The monoisotopic (exact) mass is 255 g/mol. The maximum absolute atomic E-state index is 4.36. The Morgan fingerprint density at radius 1 is 1.21 bits per heavy atom. The van der Waals surface area contributed by atoms with Crippen LogP contribution in [0.1, 0.15) is 38.5 Å². The molecule has 100 valence electrons. The van der Waals surface area contributed by atoms with Gasteiger partial charge in [-0.3, -0.25) is 0 Å². The first-order valence-corrected chi connectivity index (χ1v) is 7.36. The molecule has 0 atom stereocenters. The molecule has 0 amide bonds. The summed E-state index contributed by atoms with van der Waals surface area (Å²) in [5.74, 6) is 0.987. The lowest BCUT2D eigenvalue weighted by atomic mass is 10.0. The highest BCUT2D eigenvalue weighted by atomic mass is 14.9. The molecule has 0 unspecified atom stereocenters. The highest BCUT2D eigenvalue weighted by molar-refractivity contribution is 5.77. The Bertz CT molecular complexity index is 532. The Hall–Kier alpha value is -1.64. The highest BCUT2D eigenvalue weighted by Crippen LogP contribution is 2.28. The number of nitrogens with one attached hydrogen (secondary N) is 1. The van der Waals surface area contributed by atoms with Crippen LogP contribution in [0.2, 0.25) is 0 Å². The van der Waals surface area contributed by atoms with Crippen molar-refractivity contribution in [3.05, 3.63) is 30.6 Å². The van der Waals surface area contributed by atoms with Gasteiger partial charge < -0.3 is 5.32 Å². The fourth-order valence-corrected chi connectivity index (χ4v) is 2.98. The summed E-state index contributed by atoms with van der Waals surface area (Å²) in [6.07, 6.45) is 12.1. The number of nitrogens with zero attached hydrogens (tertiary/aromatic N) is 2. The van der Waals surface area contributed by atoms with Gasteiger partial charge in [0, 0.05) is 18.1 Å². The first-order chi connectivity index (χ1) is 9.42. The predicted molar refractivity (Wildman–Crippen MR) is 79.2 cm³/mol. The summed E-state index contributed by atoms with van der Waals surface area (Å²) in [5.41, 5.74) is 1.92. The van der Waals surface area contributed by atoms with E-state index in [1.54, 1.807) is 6.20 Å². The van der Waals surface area contributed by atoms with E-state index in [2.05, 4.69) is 27.4 Å². The maximum atomic E-state index is 4.36. The summed E-state index contributed by atoms with van der Waals surface area (Å²) in [7, 11) is 0. The summed E-state index contributed by atoms with van der Waals surface area (Å²) in [5, 5.41) is 4.57. The zero-order valence-electron chi connectivity index (χ0n) is 11.3. The largest absolute Gasteiger partial charge is 0.384 e. The van der Waals surface area contributed by atoms with E-state index in [4.69, 9.17) is 0 Å². The number of pyridine rings is 2. The number of rotatable bonds is 5. The Morgan fingerprint density at radius 3 is 3.00 bits per heavy atom. The van der Waals surface area contributed by atoms with E-state index in [0.29, 0.717) is 0 Å². The van der Waals surface area contributed by atoms with Crippen molar-refractivity contribution in [1.82, 2.24) is 9.97 Å². The molecule has 0 radical (unpaired) electrons. The molecule has 0 aromatic carbocycles. The molecular formula is C16H21N3. The smallest absolute Gasteiger partial charge is 0.159 e. The molecule has 2 aromatic rings. The standard InChI is InChI=1S/C16H21N3/c1-2-6-13(5-1)7-3-9-17-15-11-14-8-4-10-18-16(14)19-12-15/h4,8,10-13,17H,1-3,5-7,9H2. The van der Waals surface area contributed by atoms with Crippen LogP contribution in [-0.2, 0) is 0 Å². The van der Waals surface area contributed by atoms with Crippen molar-refractivity contribution in [1.29, 1.82) is 0 Å². The van der Waals surface area contributed by atoms with Gasteiger partial charge >= 0.3 is 0 Å². The fraction of sp³-hybridized carbons (Fsp3) is 0.500. The zero-order valence-corrected chi connectivity index (χ0v) is 11.3. The van der Waals surface area contributed by atoms with Crippen molar-refractivity contribution in [2.45, 2.75) is 38.5 Å². The lowest BCUT2D eigenvalue weighted by Crippen LogP contribution is -2.04. The van der Waals surface area contributed by atoms with E-state index < -0.39 is 0 Å². The summed E-state index contributed by atoms with van der Waals surface area (Å²) < 4.78 is 0. The van der Waals surface area contributed by atoms with Gasteiger partial charge in [0.15, 0.2) is 5.65 Å². The molecule has 1 aliphatic rings. The van der Waals surface area contributed by atoms with Crippen LogP contribution in [0.25, 0.3) is 11.0 Å². The van der Waals surface area contributed by atoms with Gasteiger partial charge in [0.05, 0.1) is 11.9 Å². The van der Waals surface area contributed by atoms with Crippen molar-refractivity contribution < 1.29 is 0 Å². The molecule has 1 N–H and O–H groups in total. The van der Waals surface area contributed by atoms with Crippen LogP contribution in [0.4, 0.5) is 5.69 Å². The average molecular weight is 255 g/mol. The van der Waals surface area contributed by atoms with Gasteiger partial charge in [-0.05, 0) is 37.0 Å². The molecule has 1 saturated carbocycles. The second kappa shape index (κ2) is 6.00. The van der Waals surface area contributed by atoms with Gasteiger partial charge in [-0.1, -0.05) is 25.7 Å². The van der Waals surface area contributed by atoms with Crippen LogP contribution < -0.4 is 5.32 Å². The summed E-state index contributed by atoms with van der Waals surface area (Å²) in [6, 6.07) is 6.14. The Kier molecular flexibility index (Phi) is 3.92. The van der Waals surface area contributed by atoms with E-state index in [9.17, 15) is 0 Å². The molecule has 3 rings (SSSR count).